The summed E-state index contributed by atoms with van der Waals surface area (Å²) in [6, 6.07) is 3.81. The number of imide groups is 2. The van der Waals surface area contributed by atoms with Gasteiger partial charge in [-0.3, -0.25) is 43.8 Å². The van der Waals surface area contributed by atoms with E-state index >= 15 is 0 Å². The van der Waals surface area contributed by atoms with Crippen LogP contribution in [0.25, 0.3) is 0 Å². The second-order valence-electron chi connectivity index (χ2n) is 12.8. The van der Waals surface area contributed by atoms with E-state index in [9.17, 15) is 33.6 Å². The molecule has 0 bridgehead atoms. The zero-order valence-electron chi connectivity index (χ0n) is 26.2. The van der Waals surface area contributed by atoms with Crippen LogP contribution in [0, 0.1) is 17.3 Å². The topological polar surface area (TPSA) is 153 Å². The van der Waals surface area contributed by atoms with Crippen molar-refractivity contribution in [3.63, 3.8) is 0 Å². The molecule has 1 atom stereocenters. The number of unbranched alkanes of at least 4 members (excludes halogenated alkanes) is 3. The van der Waals surface area contributed by atoms with Crippen LogP contribution in [-0.4, -0.2) is 94.8 Å². The molecular weight excluding hydrogens is 578 g/mol. The molecule has 12 nitrogen and oxygen atoms in total. The molecule has 4 rings (SSSR count). The fourth-order valence-electron chi connectivity index (χ4n) is 5.60. The van der Waals surface area contributed by atoms with Gasteiger partial charge in [0.15, 0.2) is 0 Å². The van der Waals surface area contributed by atoms with Gasteiger partial charge in [-0.05, 0) is 36.8 Å². The quantitative estimate of drug-likeness (QED) is 0.184. The second kappa shape index (κ2) is 14.5. The summed E-state index contributed by atoms with van der Waals surface area (Å²) in [4.78, 5) is 91.5. The Morgan fingerprint density at radius 3 is 2.29 bits per heavy atom. The molecule has 12 heteroatoms. The van der Waals surface area contributed by atoms with Gasteiger partial charge in [-0.2, -0.15) is 0 Å². The molecule has 2 saturated heterocycles. The van der Waals surface area contributed by atoms with Crippen molar-refractivity contribution in [2.45, 2.75) is 78.2 Å². The van der Waals surface area contributed by atoms with E-state index in [2.05, 4.69) is 22.5 Å². The first-order valence-electron chi connectivity index (χ1n) is 15.5. The van der Waals surface area contributed by atoms with Gasteiger partial charge in [-0.15, -0.1) is 0 Å². The smallest absolute Gasteiger partial charge is 0.263 e. The van der Waals surface area contributed by atoms with Gasteiger partial charge in [0, 0.05) is 57.5 Å². The molecule has 1 aromatic rings. The third-order valence-corrected chi connectivity index (χ3v) is 7.97. The summed E-state index contributed by atoms with van der Waals surface area (Å²) in [6.07, 6.45) is 3.19. The second-order valence-corrected chi connectivity index (χ2v) is 12.8. The Labute approximate surface area is 263 Å². The van der Waals surface area contributed by atoms with Gasteiger partial charge in [0.1, 0.15) is 12.5 Å². The highest BCUT2D eigenvalue weighted by atomic mass is 16.2. The Morgan fingerprint density at radius 1 is 0.933 bits per heavy atom. The lowest BCUT2D eigenvalue weighted by molar-refractivity contribution is -0.142. The van der Waals surface area contributed by atoms with E-state index in [1.54, 1.807) is 21.9 Å². The molecule has 0 aromatic heterocycles. The van der Waals surface area contributed by atoms with Crippen LogP contribution in [0.15, 0.2) is 18.2 Å². The van der Waals surface area contributed by atoms with Gasteiger partial charge < -0.3 is 15.1 Å². The number of benzene rings is 1. The van der Waals surface area contributed by atoms with Gasteiger partial charge in [-0.25, -0.2) is 0 Å². The summed E-state index contributed by atoms with van der Waals surface area (Å²) >= 11 is 0. The molecule has 2 N–H and O–H groups in total. The molecular formula is C33H41N5O7. The normalized spacial score (nSPS) is 18.3. The molecule has 1 unspecified atom stereocenters. The first-order chi connectivity index (χ1) is 21.4. The Bertz CT molecular complexity index is 1440. The van der Waals surface area contributed by atoms with E-state index in [0.717, 1.165) is 17.7 Å². The average Bonchev–Trinajstić information content (AvgIpc) is 3.23. The van der Waals surface area contributed by atoms with Crippen LogP contribution in [0.4, 0.5) is 0 Å². The minimum Gasteiger partial charge on any atom is -0.356 e. The Balaban J connectivity index is 1.14. The maximum Gasteiger partial charge on any atom is 0.263 e. The summed E-state index contributed by atoms with van der Waals surface area (Å²) < 4.78 is 0. The summed E-state index contributed by atoms with van der Waals surface area (Å²) in [5, 5.41) is 4.97. The maximum absolute atomic E-state index is 13.2. The number of nitrogens with zero attached hydrogens (tertiary/aromatic N) is 3. The Hall–Kier alpha value is -4.53. The first kappa shape index (κ1) is 33.4. The van der Waals surface area contributed by atoms with Crippen LogP contribution >= 0.6 is 0 Å². The lowest BCUT2D eigenvalue weighted by Gasteiger charge is -2.36. The SMILES string of the molecule is CC(C)(C)CC(=O)N1CCN(C(=O)CC(=O)NCCCCCC#Cc2cccc3c2C(=O)N(C2CCC(=O)NC2=O)C3=O)CC1. The van der Waals surface area contributed by atoms with Crippen molar-refractivity contribution in [1.82, 2.24) is 25.3 Å². The zero-order chi connectivity index (χ0) is 32.7. The number of fused-ring (bicyclic) bond motifs is 1. The van der Waals surface area contributed by atoms with Crippen molar-refractivity contribution >= 4 is 41.4 Å². The minimum absolute atomic E-state index is 0.0536. The highest BCUT2D eigenvalue weighted by molar-refractivity contribution is 6.24. The molecule has 0 saturated carbocycles. The van der Waals surface area contributed by atoms with Crippen molar-refractivity contribution in [1.29, 1.82) is 0 Å². The number of hydrogen-bond donors (Lipinski definition) is 2. The maximum atomic E-state index is 13.2. The predicted molar refractivity (Wildman–Crippen MR) is 163 cm³/mol. The molecule has 1 aromatic carbocycles. The van der Waals surface area contributed by atoms with Gasteiger partial charge in [0.05, 0.1) is 11.1 Å². The van der Waals surface area contributed by atoms with Crippen LogP contribution < -0.4 is 10.6 Å². The lowest BCUT2D eigenvalue weighted by atomic mass is 9.91. The minimum atomic E-state index is -1.03. The van der Waals surface area contributed by atoms with Gasteiger partial charge in [-0.1, -0.05) is 45.1 Å². The molecule has 45 heavy (non-hydrogen) atoms. The van der Waals surface area contributed by atoms with Crippen molar-refractivity contribution in [3.8, 4) is 11.8 Å². The third-order valence-electron chi connectivity index (χ3n) is 7.97. The summed E-state index contributed by atoms with van der Waals surface area (Å²) in [7, 11) is 0. The van der Waals surface area contributed by atoms with Crippen LogP contribution in [0.5, 0.6) is 0 Å². The number of amides is 7. The molecule has 3 heterocycles. The molecule has 240 valence electrons. The molecule has 0 spiro atoms. The standard InChI is InChI=1S/C33H41N5O7/c1-33(2,3)21-28(42)37-18-16-36(17-19-37)27(41)20-26(40)34-15-8-6-4-5-7-10-22-11-9-12-23-29(22)32(45)38(31(23)44)24-13-14-25(39)35-30(24)43/h9,11-12,24H,4-6,8,13-21H2,1-3H3,(H,34,40)(H,35,39,43). The molecule has 0 radical (unpaired) electrons. The van der Waals surface area contributed by atoms with Gasteiger partial charge >= 0.3 is 0 Å². The van der Waals surface area contributed by atoms with E-state index in [4.69, 9.17) is 0 Å². The number of nitrogens with one attached hydrogen (secondary N) is 2. The van der Waals surface area contributed by atoms with E-state index in [1.165, 1.54) is 6.07 Å². The van der Waals surface area contributed by atoms with Crippen molar-refractivity contribution in [3.05, 3.63) is 34.9 Å². The summed E-state index contributed by atoms with van der Waals surface area (Å²) in [6.45, 7) is 8.31. The first-order valence-corrected chi connectivity index (χ1v) is 15.5. The Kier molecular flexibility index (Phi) is 10.8. The molecule has 2 fully saturated rings. The lowest BCUT2D eigenvalue weighted by Crippen LogP contribution is -2.54. The molecule has 3 aliphatic heterocycles. The van der Waals surface area contributed by atoms with E-state index < -0.39 is 29.7 Å². The van der Waals surface area contributed by atoms with Crippen molar-refractivity contribution in [2.24, 2.45) is 5.41 Å². The van der Waals surface area contributed by atoms with Crippen LogP contribution in [0.3, 0.4) is 0 Å². The van der Waals surface area contributed by atoms with Gasteiger partial charge in [0.2, 0.25) is 29.5 Å². The Morgan fingerprint density at radius 2 is 1.62 bits per heavy atom. The molecule has 7 amide bonds. The fraction of sp³-hybridized carbons (Fsp3) is 0.545. The third kappa shape index (κ3) is 8.56. The zero-order valence-corrected chi connectivity index (χ0v) is 26.2. The van der Waals surface area contributed by atoms with E-state index in [-0.39, 0.29) is 53.5 Å². The summed E-state index contributed by atoms with van der Waals surface area (Å²) in [5.74, 6) is 3.31. The molecule has 0 aliphatic carbocycles. The number of carbonyl (C=O) groups excluding carboxylic acids is 7. The van der Waals surface area contributed by atoms with Crippen molar-refractivity contribution < 1.29 is 33.6 Å². The summed E-state index contributed by atoms with van der Waals surface area (Å²) in [5.41, 5.74) is 0.690. The average molecular weight is 620 g/mol. The van der Waals surface area contributed by atoms with Crippen LogP contribution in [0.2, 0.25) is 0 Å². The van der Waals surface area contributed by atoms with E-state index in [0.29, 0.717) is 57.5 Å². The fourth-order valence-corrected chi connectivity index (χ4v) is 5.60. The largest absolute Gasteiger partial charge is 0.356 e. The molecule has 3 aliphatic rings. The van der Waals surface area contributed by atoms with Gasteiger partial charge in [0.25, 0.3) is 11.8 Å². The van der Waals surface area contributed by atoms with E-state index in [1.807, 2.05) is 20.8 Å². The number of carbonyl (C=O) groups is 7. The predicted octanol–water partition coefficient (Wildman–Crippen LogP) is 1.61. The highest BCUT2D eigenvalue weighted by Crippen LogP contribution is 2.29. The number of piperazine rings is 1. The van der Waals surface area contributed by atoms with Crippen LogP contribution in [-0.2, 0) is 24.0 Å². The number of hydrogen-bond acceptors (Lipinski definition) is 7. The van der Waals surface area contributed by atoms with Crippen molar-refractivity contribution in [2.75, 3.05) is 32.7 Å². The highest BCUT2D eigenvalue weighted by Gasteiger charge is 2.45. The number of rotatable bonds is 9. The van der Waals surface area contributed by atoms with Crippen LogP contribution in [0.1, 0.15) is 98.4 Å². The monoisotopic (exact) mass is 619 g/mol. The number of piperidine rings is 1.